The Morgan fingerprint density at radius 2 is 1.80 bits per heavy atom. The molecule has 0 aromatic heterocycles. The lowest BCUT2D eigenvalue weighted by atomic mass is 9.93. The summed E-state index contributed by atoms with van der Waals surface area (Å²) in [7, 11) is 0. The molecule has 4 rings (SSSR count). The van der Waals surface area contributed by atoms with Crippen LogP contribution in [-0.4, -0.2) is 59.4 Å². The zero-order valence-electron chi connectivity index (χ0n) is 23.7. The van der Waals surface area contributed by atoms with Crippen LogP contribution in [0.5, 0.6) is 11.5 Å². The van der Waals surface area contributed by atoms with Crippen LogP contribution in [0, 0.1) is 6.92 Å². The van der Waals surface area contributed by atoms with Crippen LogP contribution in [0.1, 0.15) is 40.4 Å². The van der Waals surface area contributed by atoms with E-state index in [0.717, 1.165) is 57.2 Å². The SMILES string of the molecule is CCSC[C@@H](Cc1ccc2c(c1)OCO2)OCc1ccc(C(=O)N[C@@H](CCSC)C(=O)O)c(-c2ccccc2C)c1. The molecule has 2 atom stereocenters. The molecule has 7 nitrogen and oxygen atoms in total. The van der Waals surface area contributed by atoms with Gasteiger partial charge in [0.15, 0.2) is 11.5 Å². The van der Waals surface area contributed by atoms with Gasteiger partial charge in [-0.3, -0.25) is 4.79 Å². The molecule has 0 aliphatic carbocycles. The first-order chi connectivity index (χ1) is 19.9. The average molecular weight is 596 g/mol. The highest BCUT2D eigenvalue weighted by Crippen LogP contribution is 2.33. The highest BCUT2D eigenvalue weighted by molar-refractivity contribution is 7.99. The molecule has 0 bridgehead atoms. The number of carboxylic acid groups (broad SMARTS) is 1. The summed E-state index contributed by atoms with van der Waals surface area (Å²) in [6.45, 7) is 4.76. The third kappa shape index (κ3) is 8.44. The van der Waals surface area contributed by atoms with Crippen LogP contribution in [-0.2, 0) is 22.6 Å². The summed E-state index contributed by atoms with van der Waals surface area (Å²) in [5, 5.41) is 12.4. The number of rotatable bonds is 15. The number of benzene rings is 3. The molecule has 1 heterocycles. The van der Waals surface area contributed by atoms with E-state index in [1.54, 1.807) is 17.8 Å². The van der Waals surface area contributed by atoms with Gasteiger partial charge in [0.1, 0.15) is 6.04 Å². The molecule has 1 aliphatic heterocycles. The normalized spacial score (nSPS) is 13.5. The first-order valence-corrected chi connectivity index (χ1v) is 16.2. The Labute approximate surface area is 250 Å². The van der Waals surface area contributed by atoms with Gasteiger partial charge in [-0.15, -0.1) is 0 Å². The van der Waals surface area contributed by atoms with Gasteiger partial charge in [0, 0.05) is 11.3 Å². The summed E-state index contributed by atoms with van der Waals surface area (Å²) in [6.07, 6.45) is 2.99. The Balaban J connectivity index is 1.55. The number of aryl methyl sites for hydroxylation is 1. The van der Waals surface area contributed by atoms with E-state index in [2.05, 4.69) is 12.2 Å². The molecule has 41 heavy (non-hydrogen) atoms. The topological polar surface area (TPSA) is 94.1 Å². The maximum Gasteiger partial charge on any atom is 0.326 e. The second-order valence-corrected chi connectivity index (χ2v) is 12.1. The van der Waals surface area contributed by atoms with Crippen molar-refractivity contribution < 1.29 is 28.9 Å². The molecule has 0 radical (unpaired) electrons. The Morgan fingerprint density at radius 1 is 1.02 bits per heavy atom. The zero-order valence-corrected chi connectivity index (χ0v) is 25.3. The number of thioether (sulfide) groups is 2. The van der Waals surface area contributed by atoms with Crippen LogP contribution in [0.2, 0.25) is 0 Å². The van der Waals surface area contributed by atoms with Crippen LogP contribution in [0.25, 0.3) is 11.1 Å². The predicted molar refractivity (Wildman–Crippen MR) is 166 cm³/mol. The Bertz CT molecular complexity index is 1350. The number of ether oxygens (including phenoxy) is 3. The summed E-state index contributed by atoms with van der Waals surface area (Å²) in [5.74, 6) is 2.58. The van der Waals surface area contributed by atoms with Crippen molar-refractivity contribution in [2.45, 2.75) is 45.4 Å². The van der Waals surface area contributed by atoms with E-state index in [1.807, 2.05) is 79.5 Å². The lowest BCUT2D eigenvalue weighted by molar-refractivity contribution is -0.139. The number of hydrogen-bond donors (Lipinski definition) is 2. The molecule has 3 aromatic carbocycles. The number of carboxylic acids is 1. The summed E-state index contributed by atoms with van der Waals surface area (Å²) >= 11 is 3.38. The smallest absolute Gasteiger partial charge is 0.326 e. The fourth-order valence-electron chi connectivity index (χ4n) is 4.67. The van der Waals surface area contributed by atoms with Crippen molar-refractivity contribution in [3.05, 3.63) is 82.9 Å². The van der Waals surface area contributed by atoms with Gasteiger partial charge < -0.3 is 24.6 Å². The molecule has 0 spiro atoms. The van der Waals surface area contributed by atoms with Crippen molar-refractivity contribution in [1.29, 1.82) is 0 Å². The summed E-state index contributed by atoms with van der Waals surface area (Å²) in [6, 6.07) is 18.6. The second-order valence-electron chi connectivity index (χ2n) is 9.82. The van der Waals surface area contributed by atoms with Crippen molar-refractivity contribution in [3.8, 4) is 22.6 Å². The highest BCUT2D eigenvalue weighted by Gasteiger charge is 2.23. The molecular weight excluding hydrogens is 558 g/mol. The summed E-state index contributed by atoms with van der Waals surface area (Å²) in [5.41, 5.74) is 5.21. The van der Waals surface area contributed by atoms with Gasteiger partial charge in [-0.1, -0.05) is 43.3 Å². The van der Waals surface area contributed by atoms with Gasteiger partial charge >= 0.3 is 5.97 Å². The molecule has 3 aromatic rings. The lowest BCUT2D eigenvalue weighted by Crippen LogP contribution is -2.41. The number of carbonyl (C=O) groups is 2. The van der Waals surface area contributed by atoms with Crippen LogP contribution >= 0.6 is 23.5 Å². The fraction of sp³-hybridized carbons (Fsp3) is 0.375. The van der Waals surface area contributed by atoms with Gasteiger partial charge in [0.05, 0.1) is 12.7 Å². The standard InChI is InChI=1S/C32H37NO6S2/c1-4-41-19-24(15-22-10-12-29-30(17-22)39-20-38-29)37-18-23-9-11-26(27(16-23)25-8-6-5-7-21(25)2)31(34)33-28(32(35)36)13-14-40-3/h5-12,16-17,24,28H,4,13-15,18-20H2,1-3H3,(H,33,34)(H,35,36)/t24-,28+/m1/s1. The monoisotopic (exact) mass is 595 g/mol. The second kappa shape index (κ2) is 15.2. The Hall–Kier alpha value is -3.14. The molecule has 0 fully saturated rings. The van der Waals surface area contributed by atoms with E-state index >= 15 is 0 Å². The van der Waals surface area contributed by atoms with Gasteiger partial charge in [0.2, 0.25) is 6.79 Å². The minimum absolute atomic E-state index is 0.0158. The quantitative estimate of drug-likeness (QED) is 0.214. The molecule has 1 amide bonds. The van der Waals surface area contributed by atoms with Crippen LogP contribution in [0.3, 0.4) is 0 Å². The molecule has 218 valence electrons. The number of nitrogens with one attached hydrogen (secondary N) is 1. The van der Waals surface area contributed by atoms with Gasteiger partial charge in [-0.05, 0) is 89.6 Å². The Kier molecular flexibility index (Phi) is 11.4. The molecule has 0 unspecified atom stereocenters. The largest absolute Gasteiger partial charge is 0.480 e. The van der Waals surface area contributed by atoms with Crippen molar-refractivity contribution >= 4 is 35.4 Å². The summed E-state index contributed by atoms with van der Waals surface area (Å²) in [4.78, 5) is 25.2. The van der Waals surface area contributed by atoms with E-state index in [-0.39, 0.29) is 12.9 Å². The van der Waals surface area contributed by atoms with Gasteiger partial charge in [-0.25, -0.2) is 4.79 Å². The van der Waals surface area contributed by atoms with Crippen molar-refractivity contribution in [1.82, 2.24) is 5.32 Å². The summed E-state index contributed by atoms with van der Waals surface area (Å²) < 4.78 is 17.4. The minimum atomic E-state index is -1.03. The van der Waals surface area contributed by atoms with Crippen molar-refractivity contribution in [2.24, 2.45) is 0 Å². The van der Waals surface area contributed by atoms with E-state index in [9.17, 15) is 14.7 Å². The highest BCUT2D eigenvalue weighted by atomic mass is 32.2. The molecule has 0 saturated heterocycles. The maximum atomic E-state index is 13.4. The average Bonchev–Trinajstić information content (AvgIpc) is 3.44. The number of aliphatic carboxylic acids is 1. The van der Waals surface area contributed by atoms with Crippen LogP contribution in [0.15, 0.2) is 60.7 Å². The van der Waals surface area contributed by atoms with E-state index in [4.69, 9.17) is 14.2 Å². The van der Waals surface area contributed by atoms with E-state index < -0.39 is 17.9 Å². The predicted octanol–water partition coefficient (Wildman–Crippen LogP) is 6.21. The zero-order chi connectivity index (χ0) is 29.2. The van der Waals surface area contributed by atoms with Gasteiger partial charge in [-0.2, -0.15) is 23.5 Å². The van der Waals surface area contributed by atoms with Gasteiger partial charge in [0.25, 0.3) is 5.91 Å². The molecule has 1 aliphatic rings. The fourth-order valence-corrected chi connectivity index (χ4v) is 5.85. The molecule has 9 heteroatoms. The number of amides is 1. The third-order valence-electron chi connectivity index (χ3n) is 6.87. The minimum Gasteiger partial charge on any atom is -0.480 e. The number of fused-ring (bicyclic) bond motifs is 1. The van der Waals surface area contributed by atoms with Crippen molar-refractivity contribution in [3.63, 3.8) is 0 Å². The first-order valence-electron chi connectivity index (χ1n) is 13.7. The lowest BCUT2D eigenvalue weighted by Gasteiger charge is -2.20. The molecular formula is C32H37NO6S2. The molecule has 2 N–H and O–H groups in total. The van der Waals surface area contributed by atoms with Crippen LogP contribution in [0.4, 0.5) is 0 Å². The Morgan fingerprint density at radius 3 is 2.56 bits per heavy atom. The van der Waals surface area contributed by atoms with Crippen LogP contribution < -0.4 is 14.8 Å². The third-order valence-corrected chi connectivity index (χ3v) is 8.53. The van der Waals surface area contributed by atoms with Crippen molar-refractivity contribution in [2.75, 3.05) is 30.3 Å². The maximum absolute atomic E-state index is 13.4. The number of hydrogen-bond acceptors (Lipinski definition) is 7. The first kappa shape index (κ1) is 30.8. The van der Waals surface area contributed by atoms with E-state index in [0.29, 0.717) is 24.3 Å². The number of carbonyl (C=O) groups excluding carboxylic acids is 1. The van der Waals surface area contributed by atoms with E-state index in [1.165, 1.54) is 0 Å². The molecule has 0 saturated carbocycles.